The summed E-state index contributed by atoms with van der Waals surface area (Å²) in [4.78, 5) is 23.6. The van der Waals surface area contributed by atoms with Gasteiger partial charge in [-0.2, -0.15) is 0 Å². The zero-order valence-electron chi connectivity index (χ0n) is 16.0. The van der Waals surface area contributed by atoms with Gasteiger partial charge in [0.25, 0.3) is 0 Å². The number of hydrogen-bond donors (Lipinski definition) is 2. The van der Waals surface area contributed by atoms with Gasteiger partial charge < -0.3 is 9.97 Å². The smallest absolute Gasteiger partial charge is 0.140 e. The zero-order valence-corrected chi connectivity index (χ0v) is 16.0. The van der Waals surface area contributed by atoms with Gasteiger partial charge in [0.1, 0.15) is 11.6 Å². The van der Waals surface area contributed by atoms with Gasteiger partial charge in [0.2, 0.25) is 0 Å². The molecule has 0 spiro atoms. The van der Waals surface area contributed by atoms with Gasteiger partial charge in [-0.05, 0) is 48.5 Å². The molecule has 0 fully saturated rings. The number of aromatic amines is 2. The van der Waals surface area contributed by atoms with Crippen molar-refractivity contribution < 1.29 is 0 Å². The third kappa shape index (κ3) is 3.66. The number of imidazole rings is 2. The third-order valence-electron chi connectivity index (χ3n) is 4.65. The highest BCUT2D eigenvalue weighted by molar-refractivity contribution is 5.79. The summed E-state index contributed by atoms with van der Waals surface area (Å²) in [5.41, 5.74) is 6.09. The summed E-state index contributed by atoms with van der Waals surface area (Å²) >= 11 is 0. The van der Waals surface area contributed by atoms with Crippen LogP contribution < -0.4 is 0 Å². The maximum absolute atomic E-state index is 4.49. The van der Waals surface area contributed by atoms with Crippen LogP contribution in [0.25, 0.3) is 44.8 Å². The second-order valence-electron chi connectivity index (χ2n) is 6.69. The Morgan fingerprint density at radius 1 is 0.500 bits per heavy atom. The monoisotopic (exact) mass is 390 g/mol. The Labute approximate surface area is 172 Å². The minimum Gasteiger partial charge on any atom is -0.338 e. The number of pyridine rings is 2. The van der Waals surface area contributed by atoms with Gasteiger partial charge in [0.05, 0.1) is 22.1 Å². The number of rotatable bonds is 2. The average molecular weight is 390 g/mol. The van der Waals surface area contributed by atoms with Crippen molar-refractivity contribution in [2.24, 2.45) is 0 Å². The van der Waals surface area contributed by atoms with E-state index in [-0.39, 0.29) is 0 Å². The maximum atomic E-state index is 4.49. The van der Waals surface area contributed by atoms with Crippen molar-refractivity contribution in [3.05, 3.63) is 97.6 Å². The molecule has 144 valence electrons. The summed E-state index contributed by atoms with van der Waals surface area (Å²) in [6.45, 7) is 0. The molecule has 6 heteroatoms. The summed E-state index contributed by atoms with van der Waals surface area (Å²) in [6, 6.07) is 23.8. The lowest BCUT2D eigenvalue weighted by Crippen LogP contribution is -1.80. The molecule has 0 radical (unpaired) electrons. The number of hydrogen-bond acceptors (Lipinski definition) is 4. The lowest BCUT2D eigenvalue weighted by molar-refractivity contribution is 1.27. The van der Waals surface area contributed by atoms with Crippen LogP contribution in [0.4, 0.5) is 0 Å². The van der Waals surface area contributed by atoms with Crippen LogP contribution in [0, 0.1) is 0 Å². The Morgan fingerprint density at radius 2 is 0.967 bits per heavy atom. The molecule has 0 saturated heterocycles. The fourth-order valence-electron chi connectivity index (χ4n) is 3.18. The van der Waals surface area contributed by atoms with Crippen molar-refractivity contribution in [1.82, 2.24) is 29.9 Å². The fourth-order valence-corrected chi connectivity index (χ4v) is 3.18. The summed E-state index contributed by atoms with van der Waals surface area (Å²) < 4.78 is 0. The summed E-state index contributed by atoms with van der Waals surface area (Å²) in [5.74, 6) is 1.73. The SMILES string of the molecule is c1cncc(-c2nc3ccccc3[nH]2)c1.c1cncc(-c2nc3ccccc3[nH]2)c1. The topological polar surface area (TPSA) is 83.1 Å². The quantitative estimate of drug-likeness (QED) is 0.423. The van der Waals surface area contributed by atoms with Crippen molar-refractivity contribution >= 4 is 22.1 Å². The second kappa shape index (κ2) is 7.97. The number of nitrogens with one attached hydrogen (secondary N) is 2. The van der Waals surface area contributed by atoms with E-state index in [9.17, 15) is 0 Å². The molecule has 0 atom stereocenters. The van der Waals surface area contributed by atoms with Gasteiger partial charge in [-0.15, -0.1) is 0 Å². The number of nitrogens with zero attached hydrogens (tertiary/aromatic N) is 4. The molecule has 0 bridgehead atoms. The highest BCUT2D eigenvalue weighted by atomic mass is 14.9. The van der Waals surface area contributed by atoms with E-state index < -0.39 is 0 Å². The van der Waals surface area contributed by atoms with Gasteiger partial charge in [-0.1, -0.05) is 24.3 Å². The summed E-state index contributed by atoms with van der Waals surface area (Å²) in [6.07, 6.45) is 7.12. The third-order valence-corrected chi connectivity index (χ3v) is 4.65. The van der Waals surface area contributed by atoms with Crippen LogP contribution >= 0.6 is 0 Å². The molecule has 30 heavy (non-hydrogen) atoms. The molecule has 6 nitrogen and oxygen atoms in total. The normalized spacial score (nSPS) is 10.7. The van der Waals surface area contributed by atoms with Crippen molar-refractivity contribution in [3.63, 3.8) is 0 Å². The predicted octanol–water partition coefficient (Wildman–Crippen LogP) is 5.25. The van der Waals surface area contributed by atoms with Gasteiger partial charge in [0.15, 0.2) is 0 Å². The number of H-pyrrole nitrogens is 2. The van der Waals surface area contributed by atoms with Gasteiger partial charge in [0, 0.05) is 35.9 Å². The molecule has 0 aliphatic carbocycles. The van der Waals surface area contributed by atoms with Crippen molar-refractivity contribution in [3.8, 4) is 22.8 Å². The lowest BCUT2D eigenvalue weighted by atomic mass is 10.3. The van der Waals surface area contributed by atoms with Crippen LogP contribution in [0.2, 0.25) is 0 Å². The number of benzene rings is 2. The molecule has 6 rings (SSSR count). The molecular weight excluding hydrogens is 372 g/mol. The Morgan fingerprint density at radius 3 is 1.37 bits per heavy atom. The first kappa shape index (κ1) is 17.8. The highest BCUT2D eigenvalue weighted by Crippen LogP contribution is 2.19. The molecule has 2 aromatic carbocycles. The summed E-state index contributed by atoms with van der Waals surface area (Å²) in [7, 11) is 0. The minimum absolute atomic E-state index is 0.865. The largest absolute Gasteiger partial charge is 0.338 e. The Hall–Kier alpha value is -4.32. The van der Waals surface area contributed by atoms with Crippen molar-refractivity contribution in [1.29, 1.82) is 0 Å². The van der Waals surface area contributed by atoms with E-state index in [0.717, 1.165) is 44.8 Å². The Kier molecular flexibility index (Phi) is 4.72. The Bertz CT molecular complexity index is 1210. The summed E-state index contributed by atoms with van der Waals surface area (Å²) in [5, 5.41) is 0. The Balaban J connectivity index is 0.000000128. The van der Waals surface area contributed by atoms with E-state index >= 15 is 0 Å². The first-order chi connectivity index (χ1) is 14.9. The fraction of sp³-hybridized carbons (Fsp3) is 0. The molecule has 4 aromatic heterocycles. The molecule has 6 aromatic rings. The number of aromatic nitrogens is 6. The molecule has 0 amide bonds. The number of fused-ring (bicyclic) bond motifs is 2. The molecule has 0 unspecified atom stereocenters. The van der Waals surface area contributed by atoms with Gasteiger partial charge in [-0.3, -0.25) is 9.97 Å². The average Bonchev–Trinajstić information content (AvgIpc) is 3.45. The van der Waals surface area contributed by atoms with Gasteiger partial charge in [-0.25, -0.2) is 9.97 Å². The van der Waals surface area contributed by atoms with Crippen LogP contribution in [0.15, 0.2) is 97.6 Å². The molecular formula is C24H18N6. The van der Waals surface area contributed by atoms with Crippen LogP contribution in [0.5, 0.6) is 0 Å². The number of para-hydroxylation sites is 4. The van der Waals surface area contributed by atoms with E-state index in [0.29, 0.717) is 0 Å². The van der Waals surface area contributed by atoms with E-state index in [2.05, 4.69) is 29.9 Å². The maximum Gasteiger partial charge on any atom is 0.140 e. The lowest BCUT2D eigenvalue weighted by Gasteiger charge is -1.92. The molecule has 0 aliphatic heterocycles. The van der Waals surface area contributed by atoms with Crippen LogP contribution in [-0.4, -0.2) is 29.9 Å². The van der Waals surface area contributed by atoms with Crippen LogP contribution in [0.1, 0.15) is 0 Å². The predicted molar refractivity (Wildman–Crippen MR) is 119 cm³/mol. The standard InChI is InChI=1S/2C12H9N3/c2*1-2-6-11-10(5-1)14-12(15-11)9-4-3-7-13-8-9/h2*1-8H,(H,14,15). The van der Waals surface area contributed by atoms with E-state index in [1.807, 2.05) is 72.8 Å². The first-order valence-corrected chi connectivity index (χ1v) is 9.57. The highest BCUT2D eigenvalue weighted by Gasteiger charge is 2.04. The van der Waals surface area contributed by atoms with E-state index in [1.54, 1.807) is 24.8 Å². The van der Waals surface area contributed by atoms with Crippen molar-refractivity contribution in [2.75, 3.05) is 0 Å². The van der Waals surface area contributed by atoms with Crippen LogP contribution in [0.3, 0.4) is 0 Å². The molecule has 4 heterocycles. The second-order valence-corrected chi connectivity index (χ2v) is 6.69. The van der Waals surface area contributed by atoms with Crippen molar-refractivity contribution in [2.45, 2.75) is 0 Å². The van der Waals surface area contributed by atoms with Crippen LogP contribution in [-0.2, 0) is 0 Å². The van der Waals surface area contributed by atoms with E-state index in [1.165, 1.54) is 0 Å². The minimum atomic E-state index is 0.865. The van der Waals surface area contributed by atoms with E-state index in [4.69, 9.17) is 0 Å². The first-order valence-electron chi connectivity index (χ1n) is 9.57. The molecule has 2 N–H and O–H groups in total. The van der Waals surface area contributed by atoms with Gasteiger partial charge >= 0.3 is 0 Å². The molecule has 0 aliphatic rings. The molecule has 0 saturated carbocycles. The zero-order chi connectivity index (χ0) is 20.2.